The normalized spacial score (nSPS) is 20.3. The molecule has 1 aliphatic rings. The number of ether oxygens (including phenoxy) is 1. The Balaban J connectivity index is 1.49. The molecule has 0 bridgehead atoms. The zero-order valence-electron chi connectivity index (χ0n) is 13.1. The van der Waals surface area contributed by atoms with Crippen LogP contribution in [0.3, 0.4) is 0 Å². The molecule has 0 aliphatic carbocycles. The summed E-state index contributed by atoms with van der Waals surface area (Å²) in [5.41, 5.74) is 0. The van der Waals surface area contributed by atoms with Crippen LogP contribution >= 0.6 is 11.3 Å². The lowest BCUT2D eigenvalue weighted by Gasteiger charge is -2.20. The molecule has 1 aromatic heterocycles. The van der Waals surface area contributed by atoms with Crippen LogP contribution in [0.2, 0.25) is 0 Å². The molecule has 3 rings (SSSR count). The number of rotatable bonds is 5. The average Bonchev–Trinajstić information content (AvgIpc) is 3.21. The quantitative estimate of drug-likeness (QED) is 0.787. The van der Waals surface area contributed by atoms with Crippen molar-refractivity contribution < 1.29 is 14.6 Å². The summed E-state index contributed by atoms with van der Waals surface area (Å²) >= 11 is 1.55. The van der Waals surface area contributed by atoms with E-state index in [1.54, 1.807) is 11.3 Å². The van der Waals surface area contributed by atoms with E-state index in [0.29, 0.717) is 0 Å². The number of amides is 2. The molecule has 0 radical (unpaired) electrons. The van der Waals surface area contributed by atoms with E-state index < -0.39 is 6.10 Å². The third-order valence-corrected chi connectivity index (χ3v) is 5.33. The highest BCUT2D eigenvalue weighted by molar-refractivity contribution is 7.19. The number of carbonyl (C=O) groups excluding carboxylic acids is 1. The van der Waals surface area contributed by atoms with E-state index in [2.05, 4.69) is 10.6 Å². The van der Waals surface area contributed by atoms with Gasteiger partial charge in [0.05, 0.1) is 18.7 Å². The van der Waals surface area contributed by atoms with E-state index >= 15 is 0 Å². The van der Waals surface area contributed by atoms with Crippen LogP contribution in [0.1, 0.15) is 30.7 Å². The van der Waals surface area contributed by atoms with Gasteiger partial charge in [-0.1, -0.05) is 18.2 Å². The van der Waals surface area contributed by atoms with Crippen LogP contribution in [0, 0.1) is 0 Å². The molecule has 2 amide bonds. The second kappa shape index (κ2) is 7.29. The molecule has 0 saturated carbocycles. The predicted molar refractivity (Wildman–Crippen MR) is 91.8 cm³/mol. The van der Waals surface area contributed by atoms with Gasteiger partial charge in [-0.2, -0.15) is 0 Å². The minimum Gasteiger partial charge on any atom is -0.386 e. The summed E-state index contributed by atoms with van der Waals surface area (Å²) < 4.78 is 6.69. The fraction of sp³-hybridized carbons (Fsp3) is 0.471. The molecule has 3 atom stereocenters. The molecule has 6 heteroatoms. The van der Waals surface area contributed by atoms with Gasteiger partial charge in [-0.05, 0) is 37.3 Å². The molecule has 0 spiro atoms. The first-order chi connectivity index (χ1) is 11.1. The lowest BCUT2D eigenvalue weighted by Crippen LogP contribution is -2.46. The summed E-state index contributed by atoms with van der Waals surface area (Å²) in [5, 5.41) is 17.0. The largest absolute Gasteiger partial charge is 0.386 e. The van der Waals surface area contributed by atoms with Crippen molar-refractivity contribution in [3.05, 3.63) is 35.2 Å². The average molecular weight is 334 g/mol. The molecular weight excluding hydrogens is 312 g/mol. The molecule has 1 fully saturated rings. The van der Waals surface area contributed by atoms with E-state index in [1.165, 1.54) is 0 Å². The van der Waals surface area contributed by atoms with Crippen molar-refractivity contribution in [1.29, 1.82) is 0 Å². The highest BCUT2D eigenvalue weighted by atomic mass is 32.1. The van der Waals surface area contributed by atoms with Gasteiger partial charge < -0.3 is 20.5 Å². The van der Waals surface area contributed by atoms with Crippen LogP contribution < -0.4 is 10.6 Å². The zero-order chi connectivity index (χ0) is 16.2. The number of hydrogen-bond acceptors (Lipinski definition) is 4. The second-order valence-electron chi connectivity index (χ2n) is 5.90. The molecule has 2 aromatic rings. The Hall–Kier alpha value is -1.63. The van der Waals surface area contributed by atoms with Crippen LogP contribution in [-0.4, -0.2) is 36.4 Å². The van der Waals surface area contributed by atoms with Crippen molar-refractivity contribution >= 4 is 27.5 Å². The number of fused-ring (bicyclic) bond motifs is 1. The number of urea groups is 1. The summed E-state index contributed by atoms with van der Waals surface area (Å²) in [6, 6.07) is 9.67. The van der Waals surface area contributed by atoms with E-state index in [9.17, 15) is 9.90 Å². The van der Waals surface area contributed by atoms with Crippen molar-refractivity contribution in [1.82, 2.24) is 10.6 Å². The maximum Gasteiger partial charge on any atom is 0.315 e. The number of benzene rings is 1. The Bertz CT molecular complexity index is 634. The summed E-state index contributed by atoms with van der Waals surface area (Å²) in [5.74, 6) is 0. The van der Waals surface area contributed by atoms with Gasteiger partial charge in [-0.15, -0.1) is 11.3 Å². The van der Waals surface area contributed by atoms with Crippen molar-refractivity contribution in [2.75, 3.05) is 13.2 Å². The van der Waals surface area contributed by atoms with Gasteiger partial charge in [0.2, 0.25) is 0 Å². The van der Waals surface area contributed by atoms with E-state index in [0.717, 1.165) is 34.4 Å². The van der Waals surface area contributed by atoms with Gasteiger partial charge in [0.1, 0.15) is 6.10 Å². The van der Waals surface area contributed by atoms with E-state index in [-0.39, 0.29) is 24.7 Å². The number of hydrogen-bond donors (Lipinski definition) is 3. The van der Waals surface area contributed by atoms with Gasteiger partial charge in [0, 0.05) is 16.2 Å². The van der Waals surface area contributed by atoms with Crippen LogP contribution in [0.25, 0.3) is 10.1 Å². The second-order valence-corrected chi connectivity index (χ2v) is 7.01. The Labute approximate surface area is 139 Å². The van der Waals surface area contributed by atoms with Gasteiger partial charge in [-0.3, -0.25) is 0 Å². The highest BCUT2D eigenvalue weighted by Crippen LogP contribution is 2.29. The summed E-state index contributed by atoms with van der Waals surface area (Å²) in [6.45, 7) is 2.90. The fourth-order valence-corrected chi connectivity index (χ4v) is 3.85. The van der Waals surface area contributed by atoms with Crippen LogP contribution in [-0.2, 0) is 4.74 Å². The number of nitrogens with one attached hydrogen (secondary N) is 2. The maximum absolute atomic E-state index is 11.9. The fourth-order valence-electron chi connectivity index (χ4n) is 2.80. The van der Waals surface area contributed by atoms with E-state index in [4.69, 9.17) is 4.74 Å². The number of aliphatic hydroxyl groups is 1. The molecule has 3 N–H and O–H groups in total. The first kappa shape index (κ1) is 16.2. The Morgan fingerprint density at radius 2 is 2.30 bits per heavy atom. The zero-order valence-corrected chi connectivity index (χ0v) is 13.9. The third kappa shape index (κ3) is 4.02. The number of aliphatic hydroxyl groups excluding tert-OH is 1. The standard InChI is InChI=1S/C17H22N2O3S/c1-11(14-6-4-8-22-14)19-17(21)18-10-13(20)16-9-12-5-2-3-7-15(12)23-16/h2-3,5,7,9,11,13-14,20H,4,6,8,10H2,1H3,(H2,18,19,21). The molecule has 1 aliphatic heterocycles. The van der Waals surface area contributed by atoms with E-state index in [1.807, 2.05) is 37.3 Å². The van der Waals surface area contributed by atoms with Gasteiger partial charge in [0.25, 0.3) is 0 Å². The molecule has 1 aromatic carbocycles. The summed E-state index contributed by atoms with van der Waals surface area (Å²) in [6.07, 6.45) is 1.42. The van der Waals surface area contributed by atoms with Gasteiger partial charge in [-0.25, -0.2) is 4.79 Å². The molecule has 23 heavy (non-hydrogen) atoms. The maximum atomic E-state index is 11.9. The minimum atomic E-state index is -0.698. The van der Waals surface area contributed by atoms with Gasteiger partial charge in [0.15, 0.2) is 0 Å². The van der Waals surface area contributed by atoms with Crippen LogP contribution in [0.4, 0.5) is 4.79 Å². The highest BCUT2D eigenvalue weighted by Gasteiger charge is 2.23. The minimum absolute atomic E-state index is 0.0287. The molecule has 1 saturated heterocycles. The Kier molecular flexibility index (Phi) is 5.15. The van der Waals surface area contributed by atoms with Gasteiger partial charge >= 0.3 is 6.03 Å². The molecule has 3 unspecified atom stereocenters. The SMILES string of the molecule is CC(NC(=O)NCC(O)c1cc2ccccc2s1)C1CCCO1. The lowest BCUT2D eigenvalue weighted by molar-refractivity contribution is 0.0857. The topological polar surface area (TPSA) is 70.6 Å². The Morgan fingerprint density at radius 1 is 1.48 bits per heavy atom. The van der Waals surface area contributed by atoms with Crippen molar-refractivity contribution in [3.63, 3.8) is 0 Å². The lowest BCUT2D eigenvalue weighted by atomic mass is 10.1. The molecular formula is C17H22N2O3S. The van der Waals surface area contributed by atoms with Crippen molar-refractivity contribution in [3.8, 4) is 0 Å². The smallest absolute Gasteiger partial charge is 0.315 e. The first-order valence-corrected chi connectivity index (χ1v) is 8.77. The predicted octanol–water partition coefficient (Wildman–Crippen LogP) is 2.80. The third-order valence-electron chi connectivity index (χ3n) is 4.11. The van der Waals surface area contributed by atoms with Crippen LogP contribution in [0.15, 0.2) is 30.3 Å². The summed E-state index contributed by atoms with van der Waals surface area (Å²) in [7, 11) is 0. The number of carbonyl (C=O) groups is 1. The molecule has 124 valence electrons. The van der Waals surface area contributed by atoms with Crippen molar-refractivity contribution in [2.24, 2.45) is 0 Å². The number of thiophene rings is 1. The van der Waals surface area contributed by atoms with Crippen LogP contribution in [0.5, 0.6) is 0 Å². The first-order valence-electron chi connectivity index (χ1n) is 7.96. The monoisotopic (exact) mass is 334 g/mol. The molecule has 5 nitrogen and oxygen atoms in total. The Morgan fingerprint density at radius 3 is 3.04 bits per heavy atom. The molecule has 2 heterocycles. The van der Waals surface area contributed by atoms with Crippen molar-refractivity contribution in [2.45, 2.75) is 38.0 Å². The summed E-state index contributed by atoms with van der Waals surface area (Å²) in [4.78, 5) is 12.8.